The second-order valence-corrected chi connectivity index (χ2v) is 11.9. The molecule has 4 aromatic carbocycles. The SMILES string of the molecule is Brc1c[c-]cc(Br)c1.Brc1cc(Br)cc(C2=Cc3ccccc3C2)c1.O=C1Cc2ccccc2C1.[Li+]. The van der Waals surface area contributed by atoms with Crippen molar-refractivity contribution in [3.63, 3.8) is 0 Å². The fourth-order valence-corrected chi connectivity index (χ4v) is 6.37. The van der Waals surface area contributed by atoms with Gasteiger partial charge in [-0.2, -0.15) is 18.2 Å². The molecule has 0 spiro atoms. The van der Waals surface area contributed by atoms with Gasteiger partial charge in [0.05, 0.1) is 0 Å². The van der Waals surface area contributed by atoms with Crippen LogP contribution in [0.1, 0.15) is 27.8 Å². The smallest absolute Gasteiger partial charge is 0.299 e. The van der Waals surface area contributed by atoms with Crippen LogP contribution in [0.5, 0.6) is 0 Å². The second kappa shape index (κ2) is 14.1. The van der Waals surface area contributed by atoms with Crippen LogP contribution < -0.4 is 18.9 Å². The van der Waals surface area contributed by atoms with E-state index in [0.29, 0.717) is 18.6 Å². The third-order valence-electron chi connectivity index (χ3n) is 5.61. The summed E-state index contributed by atoms with van der Waals surface area (Å²) in [5.41, 5.74) is 7.85. The molecule has 0 aliphatic heterocycles. The van der Waals surface area contributed by atoms with Crippen molar-refractivity contribution < 1.29 is 23.7 Å². The first kappa shape index (κ1) is 29.4. The Morgan fingerprint density at radius 3 is 1.61 bits per heavy atom. The molecule has 2 aliphatic carbocycles. The van der Waals surface area contributed by atoms with E-state index in [4.69, 9.17) is 0 Å². The number of Topliss-reactive ketones (excluding diaryl/α,β-unsaturated/α-hetero) is 1. The first-order chi connectivity index (χ1) is 16.9. The number of allylic oxidation sites excluding steroid dienone is 1. The summed E-state index contributed by atoms with van der Waals surface area (Å²) < 4.78 is 4.32. The van der Waals surface area contributed by atoms with Gasteiger partial charge in [0, 0.05) is 21.8 Å². The van der Waals surface area contributed by atoms with Gasteiger partial charge in [-0.15, -0.1) is 37.9 Å². The number of rotatable bonds is 1. The van der Waals surface area contributed by atoms with E-state index in [9.17, 15) is 4.79 Å². The summed E-state index contributed by atoms with van der Waals surface area (Å²) in [5.74, 6) is 0.348. The molecule has 1 nitrogen and oxygen atoms in total. The number of hydrogen-bond acceptors (Lipinski definition) is 1. The second-order valence-electron chi connectivity index (χ2n) is 8.23. The van der Waals surface area contributed by atoms with Crippen LogP contribution in [0.3, 0.4) is 0 Å². The van der Waals surface area contributed by atoms with Gasteiger partial charge in [-0.25, -0.2) is 0 Å². The Hall–Kier alpha value is -1.19. The Labute approximate surface area is 258 Å². The maximum Gasteiger partial charge on any atom is 1.00 e. The van der Waals surface area contributed by atoms with Gasteiger partial charge < -0.3 is 0 Å². The molecule has 0 radical (unpaired) electrons. The molecule has 0 unspecified atom stereocenters. The molecule has 36 heavy (non-hydrogen) atoms. The Morgan fingerprint density at radius 2 is 1.11 bits per heavy atom. The first-order valence-electron chi connectivity index (χ1n) is 11.0. The minimum atomic E-state index is 0. The Kier molecular flexibility index (Phi) is 11.5. The Balaban J connectivity index is 0.000000162. The summed E-state index contributed by atoms with van der Waals surface area (Å²) in [6.45, 7) is 0. The van der Waals surface area contributed by atoms with Crippen LogP contribution in [0.4, 0.5) is 0 Å². The average molecular weight is 724 g/mol. The molecule has 0 heterocycles. The molecular weight excluding hydrogens is 703 g/mol. The summed E-state index contributed by atoms with van der Waals surface area (Å²) >= 11 is 13.7. The molecule has 6 rings (SSSR count). The fraction of sp³-hybridized carbons (Fsp3) is 0.100. The topological polar surface area (TPSA) is 17.1 Å². The van der Waals surface area contributed by atoms with Crippen LogP contribution in [0.15, 0.2) is 103 Å². The van der Waals surface area contributed by atoms with Crippen LogP contribution >= 0.6 is 63.7 Å². The maximum atomic E-state index is 10.9. The van der Waals surface area contributed by atoms with Gasteiger partial charge in [0.25, 0.3) is 0 Å². The number of ketones is 1. The minimum absolute atomic E-state index is 0. The van der Waals surface area contributed by atoms with E-state index < -0.39 is 0 Å². The van der Waals surface area contributed by atoms with Crippen LogP contribution in [0.25, 0.3) is 11.6 Å². The molecule has 176 valence electrons. The molecule has 6 heteroatoms. The van der Waals surface area contributed by atoms with Crippen LogP contribution in [-0.4, -0.2) is 5.78 Å². The number of carbonyl (C=O) groups excluding carboxylic acids is 1. The van der Waals surface area contributed by atoms with Crippen molar-refractivity contribution in [3.8, 4) is 0 Å². The number of fused-ring (bicyclic) bond motifs is 2. The summed E-state index contributed by atoms with van der Waals surface area (Å²) in [6, 6.07) is 31.6. The van der Waals surface area contributed by atoms with E-state index in [2.05, 4.69) is 118 Å². The zero-order valence-electron chi connectivity index (χ0n) is 19.7. The molecule has 0 atom stereocenters. The Bertz CT molecular complexity index is 1330. The molecule has 2 aliphatic rings. The fourth-order valence-electron chi connectivity index (χ4n) is 4.01. The summed E-state index contributed by atoms with van der Waals surface area (Å²) in [7, 11) is 0. The first-order valence-corrected chi connectivity index (χ1v) is 14.2. The average Bonchev–Trinajstić information content (AvgIpc) is 3.42. The summed E-state index contributed by atoms with van der Waals surface area (Å²) in [4.78, 5) is 10.9. The van der Waals surface area contributed by atoms with Gasteiger partial charge in [-0.3, -0.25) is 4.79 Å². The number of carbonyl (C=O) groups is 1. The normalized spacial score (nSPS) is 12.7. The largest absolute Gasteiger partial charge is 1.00 e. The van der Waals surface area contributed by atoms with Crippen molar-refractivity contribution in [1.82, 2.24) is 0 Å². The molecule has 4 aromatic rings. The van der Waals surface area contributed by atoms with E-state index in [1.54, 1.807) is 0 Å². The summed E-state index contributed by atoms with van der Waals surface area (Å²) in [5, 5.41) is 0. The molecule has 0 amide bonds. The standard InChI is InChI=1S/C15H10Br2.C9H8O.C6H3Br2.Li/c16-14-7-13(8-15(17)9-14)12-5-10-3-1-2-4-11(10)6-12;10-9-5-7-3-1-2-4-8(7)6-9;7-5-2-1-3-6(8)4-5;/h1-5,7-9H,6H2;1-4H,5-6H2;2-4H;/q;;-1;+1. The predicted octanol–water partition coefficient (Wildman–Crippen LogP) is 6.68. The van der Waals surface area contributed by atoms with Crippen molar-refractivity contribution >= 4 is 81.2 Å². The molecule has 0 saturated carbocycles. The van der Waals surface area contributed by atoms with E-state index in [0.717, 1.165) is 24.3 Å². The zero-order chi connectivity index (χ0) is 24.8. The van der Waals surface area contributed by atoms with Crippen LogP contribution in [0, 0.1) is 6.07 Å². The molecule has 0 aromatic heterocycles. The zero-order valence-corrected chi connectivity index (χ0v) is 26.0. The predicted molar refractivity (Wildman–Crippen MR) is 159 cm³/mol. The monoisotopic (exact) mass is 720 g/mol. The van der Waals surface area contributed by atoms with Crippen molar-refractivity contribution in [2.45, 2.75) is 19.3 Å². The molecule has 0 saturated heterocycles. The van der Waals surface area contributed by atoms with Crippen molar-refractivity contribution in [2.75, 3.05) is 0 Å². The quantitative estimate of drug-likeness (QED) is 0.158. The van der Waals surface area contributed by atoms with Gasteiger partial charge in [0.1, 0.15) is 5.78 Å². The minimum Gasteiger partial charge on any atom is -0.299 e. The van der Waals surface area contributed by atoms with E-state index in [-0.39, 0.29) is 18.9 Å². The van der Waals surface area contributed by atoms with Crippen molar-refractivity contribution in [2.24, 2.45) is 0 Å². The number of halogens is 4. The number of benzene rings is 4. The van der Waals surface area contributed by atoms with Gasteiger partial charge in [0.2, 0.25) is 0 Å². The third-order valence-corrected chi connectivity index (χ3v) is 7.44. The third kappa shape index (κ3) is 8.41. The van der Waals surface area contributed by atoms with Gasteiger partial charge in [0.15, 0.2) is 0 Å². The van der Waals surface area contributed by atoms with E-state index in [1.165, 1.54) is 33.4 Å². The van der Waals surface area contributed by atoms with Gasteiger partial charge >= 0.3 is 18.9 Å². The van der Waals surface area contributed by atoms with Gasteiger partial charge in [-0.1, -0.05) is 95.4 Å². The van der Waals surface area contributed by atoms with Crippen LogP contribution in [0.2, 0.25) is 0 Å². The molecular formula is C30H21Br4LiO. The molecule has 0 N–H and O–H groups in total. The Morgan fingerprint density at radius 1 is 0.611 bits per heavy atom. The van der Waals surface area contributed by atoms with E-state index >= 15 is 0 Å². The maximum absolute atomic E-state index is 10.9. The number of hydrogen-bond donors (Lipinski definition) is 0. The molecule has 0 fully saturated rings. The molecule has 0 bridgehead atoms. The summed E-state index contributed by atoms with van der Waals surface area (Å²) in [6.07, 6.45) is 4.61. The van der Waals surface area contributed by atoms with Crippen molar-refractivity contribution in [1.29, 1.82) is 0 Å². The van der Waals surface area contributed by atoms with E-state index in [1.807, 2.05) is 42.5 Å². The van der Waals surface area contributed by atoms with Gasteiger partial charge in [-0.05, 0) is 58.0 Å². The van der Waals surface area contributed by atoms with Crippen molar-refractivity contribution in [3.05, 3.63) is 137 Å². The van der Waals surface area contributed by atoms with Crippen LogP contribution in [-0.2, 0) is 24.1 Å².